The van der Waals surface area contributed by atoms with Crippen LogP contribution in [0.15, 0.2) is 57.7 Å². The monoisotopic (exact) mass is 546 g/mol. The van der Waals surface area contributed by atoms with E-state index in [2.05, 4.69) is 30.7 Å². The fourth-order valence-corrected chi connectivity index (χ4v) is 4.51. The topological polar surface area (TPSA) is 144 Å². The first-order chi connectivity index (χ1) is 15.6. The maximum Gasteiger partial charge on any atom is 0.459 e. The van der Waals surface area contributed by atoms with Crippen molar-refractivity contribution in [3.63, 3.8) is 0 Å². The Morgan fingerprint density at radius 2 is 2.09 bits per heavy atom. The minimum absolute atomic E-state index is 0.00964. The molecule has 1 aromatic carbocycles. The van der Waals surface area contributed by atoms with Crippen molar-refractivity contribution in [2.24, 2.45) is 0 Å². The summed E-state index contributed by atoms with van der Waals surface area (Å²) in [6.07, 6.45) is -0.0358. The second-order valence-electron chi connectivity index (χ2n) is 6.82. The molecule has 0 spiro atoms. The van der Waals surface area contributed by atoms with Crippen molar-refractivity contribution < 1.29 is 32.3 Å². The van der Waals surface area contributed by atoms with Crippen LogP contribution in [0.3, 0.4) is 0 Å². The molecular formula is C19H21BrFN4O7P. The zero-order chi connectivity index (χ0) is 24.2. The largest absolute Gasteiger partial charge is 0.468 e. The summed E-state index contributed by atoms with van der Waals surface area (Å²) in [4.78, 5) is 27.3. The molecule has 0 fully saturated rings. The van der Waals surface area contributed by atoms with Gasteiger partial charge in [-0.3, -0.25) is 13.9 Å². The lowest BCUT2D eigenvalue weighted by atomic mass is 10.3. The number of carbonyl (C=O) groups excluding carboxylic acids is 1. The van der Waals surface area contributed by atoms with Gasteiger partial charge < -0.3 is 19.7 Å². The Hall–Kier alpha value is -2.57. The number of ether oxygens (including phenoxy) is 2. The Morgan fingerprint density at radius 3 is 2.73 bits per heavy atom. The highest BCUT2D eigenvalue weighted by Gasteiger charge is 2.36. The Balaban J connectivity index is 1.73. The van der Waals surface area contributed by atoms with Crippen molar-refractivity contribution in [2.45, 2.75) is 25.3 Å². The number of nitrogen functional groups attached to an aromatic ring is 1. The molecule has 1 aromatic heterocycles. The fourth-order valence-electron chi connectivity index (χ4n) is 2.76. The minimum Gasteiger partial charge on any atom is -0.468 e. The molecule has 0 saturated carbocycles. The van der Waals surface area contributed by atoms with E-state index in [-0.39, 0.29) is 11.6 Å². The number of anilines is 1. The molecule has 0 radical (unpaired) electrons. The first kappa shape index (κ1) is 25.1. The summed E-state index contributed by atoms with van der Waals surface area (Å²) in [6, 6.07) is 6.64. The summed E-state index contributed by atoms with van der Waals surface area (Å²) in [5.74, 6) is -1.28. The third kappa shape index (κ3) is 6.49. The maximum absolute atomic E-state index is 14.5. The summed E-state index contributed by atoms with van der Waals surface area (Å²) in [7, 11) is -3.03. The summed E-state index contributed by atoms with van der Waals surface area (Å²) >= 11 is 3.28. The second-order valence-corrected chi connectivity index (χ2v) is 9.43. The van der Waals surface area contributed by atoms with E-state index in [0.29, 0.717) is 0 Å². The number of halogens is 2. The highest BCUT2D eigenvalue weighted by molar-refractivity contribution is 9.10. The standard InChI is InChI=1S/C19H21BrFN4O7P/c1-11(18(26)29-2)24-33(28,32-13-5-3-12(20)4-6-13)30-10-15-14(21)9-17(31-15)25-8-7-16(22)23-19(25)27/h3-9,11,15,17H,10H2,1-2H3,(H,24,28)(H2,22,23,27)/t11-,15+,17+,33+/m0/s1. The smallest absolute Gasteiger partial charge is 0.459 e. The van der Waals surface area contributed by atoms with Crippen molar-refractivity contribution in [2.75, 3.05) is 19.5 Å². The number of hydrogen-bond donors (Lipinski definition) is 2. The average Bonchev–Trinajstić information content (AvgIpc) is 3.13. The van der Waals surface area contributed by atoms with Crippen LogP contribution < -0.4 is 21.0 Å². The summed E-state index contributed by atoms with van der Waals surface area (Å²) in [5, 5.41) is 2.45. The van der Waals surface area contributed by atoms with Crippen molar-refractivity contribution in [1.82, 2.24) is 14.6 Å². The molecule has 1 aliphatic rings. The van der Waals surface area contributed by atoms with Gasteiger partial charge in [-0.15, -0.1) is 0 Å². The number of methoxy groups -OCH3 is 1. The SMILES string of the molecule is COC(=O)[C@H](C)N[P@@](=O)(OC[C@H]1O[C@@H](n2ccc(N)nc2=O)C=C1F)Oc1ccc(Br)cc1. The highest BCUT2D eigenvalue weighted by atomic mass is 79.9. The molecule has 2 aromatic rings. The molecule has 0 bridgehead atoms. The van der Waals surface area contributed by atoms with E-state index in [1.807, 2.05) is 0 Å². The third-order valence-electron chi connectivity index (χ3n) is 4.38. The zero-order valence-electron chi connectivity index (χ0n) is 17.5. The van der Waals surface area contributed by atoms with Gasteiger partial charge in [-0.05, 0) is 43.3 Å². The van der Waals surface area contributed by atoms with Crippen LogP contribution in [-0.4, -0.2) is 41.4 Å². The van der Waals surface area contributed by atoms with E-state index < -0.39 is 50.2 Å². The first-order valence-electron chi connectivity index (χ1n) is 9.53. The number of nitrogens with two attached hydrogens (primary N) is 1. The van der Waals surface area contributed by atoms with E-state index in [9.17, 15) is 18.5 Å². The average molecular weight is 547 g/mol. The molecule has 33 heavy (non-hydrogen) atoms. The molecule has 3 N–H and O–H groups in total. The zero-order valence-corrected chi connectivity index (χ0v) is 20.0. The van der Waals surface area contributed by atoms with Crippen molar-refractivity contribution >= 4 is 35.5 Å². The van der Waals surface area contributed by atoms with Crippen LogP contribution in [0.1, 0.15) is 13.2 Å². The second kappa shape index (κ2) is 10.6. The quantitative estimate of drug-likeness (QED) is 0.355. The number of hydrogen-bond acceptors (Lipinski definition) is 9. The van der Waals surface area contributed by atoms with Crippen LogP contribution in [-0.2, 0) is 23.4 Å². The lowest BCUT2D eigenvalue weighted by Gasteiger charge is -2.24. The van der Waals surface area contributed by atoms with Gasteiger partial charge in [0.2, 0.25) is 0 Å². The van der Waals surface area contributed by atoms with Gasteiger partial charge in [-0.25, -0.2) is 13.8 Å². The van der Waals surface area contributed by atoms with E-state index in [1.54, 1.807) is 12.1 Å². The maximum atomic E-state index is 14.5. The molecule has 0 unspecified atom stereocenters. The third-order valence-corrected chi connectivity index (χ3v) is 6.55. The van der Waals surface area contributed by atoms with Gasteiger partial charge in [0.15, 0.2) is 6.23 Å². The molecule has 3 rings (SSSR count). The Kier molecular flexibility index (Phi) is 8.03. The molecule has 11 nitrogen and oxygen atoms in total. The van der Waals surface area contributed by atoms with E-state index >= 15 is 0 Å². The Bertz CT molecular complexity index is 1140. The van der Waals surface area contributed by atoms with Crippen LogP contribution in [0.5, 0.6) is 5.75 Å². The van der Waals surface area contributed by atoms with Crippen LogP contribution >= 0.6 is 23.7 Å². The molecule has 0 saturated heterocycles. The number of nitrogens with one attached hydrogen (secondary N) is 1. The molecule has 0 aliphatic carbocycles. The molecule has 178 valence electrons. The first-order valence-corrected chi connectivity index (χ1v) is 11.9. The normalized spacial score (nSPS) is 20.5. The molecule has 0 amide bonds. The van der Waals surface area contributed by atoms with Crippen LogP contribution in [0.2, 0.25) is 0 Å². The van der Waals surface area contributed by atoms with Gasteiger partial charge in [0.05, 0.1) is 13.7 Å². The number of benzene rings is 1. The number of nitrogens with zero attached hydrogens (tertiary/aromatic N) is 2. The summed E-state index contributed by atoms with van der Waals surface area (Å²) in [5.41, 5.74) is 4.72. The van der Waals surface area contributed by atoms with Crippen LogP contribution in [0, 0.1) is 0 Å². The molecule has 4 atom stereocenters. The molecule has 14 heteroatoms. The van der Waals surface area contributed by atoms with Crippen LogP contribution in [0.4, 0.5) is 10.2 Å². The Labute approximate surface area is 196 Å². The minimum atomic E-state index is -4.20. The van der Waals surface area contributed by atoms with Gasteiger partial charge in [-0.2, -0.15) is 10.1 Å². The molecule has 2 heterocycles. The fraction of sp³-hybridized carbons (Fsp3) is 0.316. The number of esters is 1. The predicted octanol–water partition coefficient (Wildman–Crippen LogP) is 2.69. The van der Waals surface area contributed by atoms with Crippen LogP contribution in [0.25, 0.3) is 0 Å². The number of rotatable bonds is 9. The van der Waals surface area contributed by atoms with Crippen molar-refractivity contribution in [1.29, 1.82) is 0 Å². The van der Waals surface area contributed by atoms with E-state index in [1.165, 1.54) is 38.4 Å². The van der Waals surface area contributed by atoms with Gasteiger partial charge in [0.1, 0.15) is 29.5 Å². The highest BCUT2D eigenvalue weighted by Crippen LogP contribution is 2.46. The van der Waals surface area contributed by atoms with Gasteiger partial charge in [0, 0.05) is 10.7 Å². The number of carbonyl (C=O) groups is 1. The van der Waals surface area contributed by atoms with Crippen molar-refractivity contribution in [3.05, 3.63) is 63.4 Å². The molecule has 1 aliphatic heterocycles. The van der Waals surface area contributed by atoms with Crippen molar-refractivity contribution in [3.8, 4) is 5.75 Å². The lowest BCUT2D eigenvalue weighted by molar-refractivity contribution is -0.142. The Morgan fingerprint density at radius 1 is 1.39 bits per heavy atom. The van der Waals surface area contributed by atoms with Gasteiger partial charge in [0.25, 0.3) is 0 Å². The summed E-state index contributed by atoms with van der Waals surface area (Å²) in [6.45, 7) is 0.848. The van der Waals surface area contributed by atoms with E-state index in [0.717, 1.165) is 15.1 Å². The molecular weight excluding hydrogens is 526 g/mol. The summed E-state index contributed by atoms with van der Waals surface area (Å²) < 4.78 is 50.6. The predicted molar refractivity (Wildman–Crippen MR) is 119 cm³/mol. The van der Waals surface area contributed by atoms with Gasteiger partial charge in [-0.1, -0.05) is 15.9 Å². The number of aromatic nitrogens is 2. The van der Waals surface area contributed by atoms with E-state index in [4.69, 9.17) is 19.5 Å². The lowest BCUT2D eigenvalue weighted by Crippen LogP contribution is -2.35. The van der Waals surface area contributed by atoms with Gasteiger partial charge >= 0.3 is 19.4 Å².